The third-order valence-corrected chi connectivity index (χ3v) is 4.65. The van der Waals surface area contributed by atoms with Crippen molar-refractivity contribution >= 4 is 23.9 Å². The van der Waals surface area contributed by atoms with Crippen LogP contribution < -0.4 is 15.2 Å². The van der Waals surface area contributed by atoms with Gasteiger partial charge in [0.25, 0.3) is 0 Å². The highest BCUT2D eigenvalue weighted by Crippen LogP contribution is 2.30. The smallest absolute Gasteiger partial charge is 0.323 e. The molecule has 0 aromatic heterocycles. The van der Waals surface area contributed by atoms with Gasteiger partial charge in [0.05, 0.1) is 0 Å². The Morgan fingerprint density at radius 3 is 2.06 bits per heavy atom. The number of carbonyl (C=O) groups excluding carboxylic acids is 4. The second-order valence-corrected chi connectivity index (χ2v) is 8.07. The van der Waals surface area contributed by atoms with Crippen molar-refractivity contribution in [2.75, 3.05) is 6.61 Å². The molecule has 1 aromatic carbocycles. The van der Waals surface area contributed by atoms with Crippen LogP contribution in [0.3, 0.4) is 0 Å². The van der Waals surface area contributed by atoms with Crippen LogP contribution in [0.15, 0.2) is 18.2 Å². The molecule has 0 aliphatic heterocycles. The van der Waals surface area contributed by atoms with Crippen LogP contribution in [0, 0.1) is 0 Å². The summed E-state index contributed by atoms with van der Waals surface area (Å²) in [5, 5.41) is 0. The van der Waals surface area contributed by atoms with Crippen LogP contribution in [0.1, 0.15) is 78.2 Å². The van der Waals surface area contributed by atoms with E-state index >= 15 is 0 Å². The van der Waals surface area contributed by atoms with Gasteiger partial charge in [-0.25, -0.2) is 0 Å². The van der Waals surface area contributed by atoms with Gasteiger partial charge in [0.15, 0.2) is 11.5 Å². The van der Waals surface area contributed by atoms with Gasteiger partial charge in [-0.2, -0.15) is 0 Å². The molecule has 0 amide bonds. The van der Waals surface area contributed by atoms with Gasteiger partial charge in [0.2, 0.25) is 0 Å². The number of esters is 4. The predicted octanol–water partition coefficient (Wildman–Crippen LogP) is 3.63. The fourth-order valence-electron chi connectivity index (χ4n) is 2.88. The van der Waals surface area contributed by atoms with Crippen molar-refractivity contribution < 1.29 is 38.1 Å². The largest absolute Gasteiger partial charge is 0.461 e. The minimum absolute atomic E-state index is 0.0913. The molecular weight excluding hydrogens is 442 g/mol. The number of hydrogen-bond acceptors (Lipinski definition) is 9. The van der Waals surface area contributed by atoms with E-state index in [4.69, 9.17) is 24.7 Å². The van der Waals surface area contributed by atoms with Crippen molar-refractivity contribution in [2.24, 2.45) is 5.73 Å². The normalized spacial score (nSPS) is 12.4. The van der Waals surface area contributed by atoms with Crippen LogP contribution >= 0.6 is 0 Å². The van der Waals surface area contributed by atoms with Gasteiger partial charge in [-0.15, -0.1) is 0 Å². The molecule has 1 aromatic rings. The summed E-state index contributed by atoms with van der Waals surface area (Å²) in [6.45, 7) is 7.21. The summed E-state index contributed by atoms with van der Waals surface area (Å²) >= 11 is 0. The molecule has 2 N–H and O–H groups in total. The van der Waals surface area contributed by atoms with Crippen LogP contribution in [0.2, 0.25) is 0 Å². The lowest BCUT2D eigenvalue weighted by atomic mass is 10.1. The van der Waals surface area contributed by atoms with Crippen molar-refractivity contribution in [1.82, 2.24) is 0 Å². The van der Waals surface area contributed by atoms with E-state index in [9.17, 15) is 19.2 Å². The average molecular weight is 480 g/mol. The van der Waals surface area contributed by atoms with E-state index in [1.807, 2.05) is 20.8 Å². The first-order chi connectivity index (χ1) is 16.2. The van der Waals surface area contributed by atoms with Gasteiger partial charge in [-0.1, -0.05) is 33.3 Å². The first-order valence-electron chi connectivity index (χ1n) is 11.9. The number of hydrogen-bond donors (Lipinski definition) is 1. The van der Waals surface area contributed by atoms with E-state index in [0.717, 1.165) is 12.8 Å². The van der Waals surface area contributed by atoms with E-state index in [2.05, 4.69) is 0 Å². The van der Waals surface area contributed by atoms with Gasteiger partial charge in [-0.3, -0.25) is 19.2 Å². The Balaban J connectivity index is 2.76. The lowest BCUT2D eigenvalue weighted by Crippen LogP contribution is -2.36. The quantitative estimate of drug-likeness (QED) is 0.296. The molecule has 1 rings (SSSR count). The molecule has 2 atom stereocenters. The number of benzene rings is 1. The molecule has 190 valence electrons. The first-order valence-corrected chi connectivity index (χ1v) is 11.9. The second kappa shape index (κ2) is 15.8. The molecule has 0 fully saturated rings. The summed E-state index contributed by atoms with van der Waals surface area (Å²) in [4.78, 5) is 47.9. The monoisotopic (exact) mass is 479 g/mol. The Labute approximate surface area is 201 Å². The lowest BCUT2D eigenvalue weighted by molar-refractivity contribution is -0.158. The zero-order chi connectivity index (χ0) is 25.5. The van der Waals surface area contributed by atoms with Crippen LogP contribution in [-0.4, -0.2) is 42.6 Å². The number of ether oxygens (including phenoxy) is 4. The standard InChI is InChI=1S/C25H37NO8/c1-5-8-11-24(29)32-17(4)16-31-25(30)19(26)14-18-12-13-20(33-22(27)9-6-2)21(15-18)34-23(28)10-7-3/h12-13,15,17,19H,5-11,14,16,26H2,1-4H3/t17-,19-/m0/s1. The minimum atomic E-state index is -0.990. The van der Waals surface area contributed by atoms with Crippen molar-refractivity contribution in [2.45, 2.75) is 91.2 Å². The van der Waals surface area contributed by atoms with E-state index in [-0.39, 0.29) is 43.3 Å². The lowest BCUT2D eigenvalue weighted by Gasteiger charge is -2.17. The van der Waals surface area contributed by atoms with Crippen molar-refractivity contribution in [3.05, 3.63) is 23.8 Å². The van der Waals surface area contributed by atoms with E-state index in [0.29, 0.717) is 24.8 Å². The van der Waals surface area contributed by atoms with Gasteiger partial charge in [0.1, 0.15) is 18.8 Å². The fourth-order valence-corrected chi connectivity index (χ4v) is 2.88. The van der Waals surface area contributed by atoms with E-state index < -0.39 is 30.1 Å². The molecule has 0 radical (unpaired) electrons. The maximum Gasteiger partial charge on any atom is 0.323 e. The Hall–Kier alpha value is -2.94. The van der Waals surface area contributed by atoms with Crippen molar-refractivity contribution in [1.29, 1.82) is 0 Å². The summed E-state index contributed by atoms with van der Waals surface area (Å²) < 4.78 is 21.0. The molecular formula is C25H37NO8. The van der Waals surface area contributed by atoms with Crippen LogP contribution in [0.4, 0.5) is 0 Å². The molecule has 0 heterocycles. The number of carbonyl (C=O) groups is 4. The fraction of sp³-hybridized carbons (Fsp3) is 0.600. The molecule has 9 nitrogen and oxygen atoms in total. The molecule has 34 heavy (non-hydrogen) atoms. The predicted molar refractivity (Wildman–Crippen MR) is 125 cm³/mol. The molecule has 0 aliphatic rings. The Morgan fingerprint density at radius 1 is 0.853 bits per heavy atom. The second-order valence-electron chi connectivity index (χ2n) is 8.07. The first kappa shape index (κ1) is 29.1. The summed E-state index contributed by atoms with van der Waals surface area (Å²) in [7, 11) is 0. The Kier molecular flexibility index (Phi) is 13.5. The van der Waals surface area contributed by atoms with E-state index in [1.54, 1.807) is 13.0 Å². The minimum Gasteiger partial charge on any atom is -0.461 e. The van der Waals surface area contributed by atoms with Crippen LogP contribution in [0.5, 0.6) is 11.5 Å². The van der Waals surface area contributed by atoms with Crippen molar-refractivity contribution in [3.63, 3.8) is 0 Å². The van der Waals surface area contributed by atoms with E-state index in [1.165, 1.54) is 12.1 Å². The Morgan fingerprint density at radius 2 is 1.47 bits per heavy atom. The van der Waals surface area contributed by atoms with Gasteiger partial charge in [-0.05, 0) is 50.3 Å². The van der Waals surface area contributed by atoms with Crippen LogP contribution in [-0.2, 0) is 35.1 Å². The highest BCUT2D eigenvalue weighted by Gasteiger charge is 2.20. The third kappa shape index (κ3) is 11.3. The summed E-state index contributed by atoms with van der Waals surface area (Å²) in [6.07, 6.45) is 3.13. The third-order valence-electron chi connectivity index (χ3n) is 4.65. The van der Waals surface area contributed by atoms with Gasteiger partial charge in [0, 0.05) is 19.3 Å². The topological polar surface area (TPSA) is 131 Å². The Bertz CT molecular complexity index is 823. The molecule has 0 saturated heterocycles. The number of nitrogens with two attached hydrogens (primary N) is 1. The maximum absolute atomic E-state index is 12.3. The van der Waals surface area contributed by atoms with Crippen molar-refractivity contribution in [3.8, 4) is 11.5 Å². The molecule has 0 spiro atoms. The SMILES string of the molecule is CCCCC(=O)O[C@@H](C)COC(=O)[C@@H](N)Cc1ccc(OC(=O)CCC)c(OC(=O)CCC)c1. The highest BCUT2D eigenvalue weighted by atomic mass is 16.6. The summed E-state index contributed by atoms with van der Waals surface area (Å²) in [5.41, 5.74) is 6.58. The molecule has 9 heteroatoms. The van der Waals surface area contributed by atoms with Gasteiger partial charge < -0.3 is 24.7 Å². The molecule has 0 aliphatic carbocycles. The summed E-state index contributed by atoms with van der Waals surface area (Å²) in [5.74, 6) is -1.67. The molecule has 0 saturated carbocycles. The highest BCUT2D eigenvalue weighted by molar-refractivity contribution is 5.77. The maximum atomic E-state index is 12.3. The van der Waals surface area contributed by atoms with Crippen LogP contribution in [0.25, 0.3) is 0 Å². The molecule has 0 unspecified atom stereocenters. The zero-order valence-electron chi connectivity index (χ0n) is 20.6. The van der Waals surface area contributed by atoms with Gasteiger partial charge >= 0.3 is 23.9 Å². The number of unbranched alkanes of at least 4 members (excludes halogenated alkanes) is 1. The molecule has 0 bridgehead atoms. The average Bonchev–Trinajstić information content (AvgIpc) is 2.78. The summed E-state index contributed by atoms with van der Waals surface area (Å²) in [6, 6.07) is 3.67. The number of rotatable bonds is 15. The zero-order valence-corrected chi connectivity index (χ0v) is 20.6.